The maximum atomic E-state index is 13.5. The Kier molecular flexibility index (Phi) is 5.10. The van der Waals surface area contributed by atoms with Gasteiger partial charge in [0.2, 0.25) is 0 Å². The van der Waals surface area contributed by atoms with E-state index in [2.05, 4.69) is 30.9 Å². The average molecular weight is 424 g/mol. The Morgan fingerprint density at radius 3 is 2.16 bits per heavy atom. The van der Waals surface area contributed by atoms with Crippen LogP contribution in [0, 0.1) is 18.3 Å². The van der Waals surface area contributed by atoms with Crippen LogP contribution >= 0.6 is 0 Å². The largest absolute Gasteiger partial charge is 0.347 e. The Labute approximate surface area is 188 Å². The van der Waals surface area contributed by atoms with Gasteiger partial charge < -0.3 is 4.90 Å². The lowest BCUT2D eigenvalue weighted by Gasteiger charge is -2.28. The number of rotatable bonds is 2. The van der Waals surface area contributed by atoms with Crippen molar-refractivity contribution in [2.45, 2.75) is 33.1 Å². The third-order valence-corrected chi connectivity index (χ3v) is 6.45. The summed E-state index contributed by atoms with van der Waals surface area (Å²) in [6.45, 7) is 7.79. The normalized spacial score (nSPS) is 20.2. The third kappa shape index (κ3) is 3.07. The highest BCUT2D eigenvalue weighted by atomic mass is 16.2. The first-order valence-corrected chi connectivity index (χ1v) is 10.5. The number of hydrogen-bond donors (Lipinski definition) is 0. The summed E-state index contributed by atoms with van der Waals surface area (Å²) in [6, 6.07) is 17.4. The number of amides is 2. The van der Waals surface area contributed by atoms with Gasteiger partial charge in [-0.15, -0.1) is 0 Å². The van der Waals surface area contributed by atoms with E-state index >= 15 is 0 Å². The Hall–Kier alpha value is -3.91. The third-order valence-electron chi connectivity index (χ3n) is 6.45. The molecule has 2 aromatic rings. The van der Waals surface area contributed by atoms with E-state index in [1.165, 1.54) is 5.56 Å². The highest BCUT2D eigenvalue weighted by molar-refractivity contribution is 6.31. The molecule has 2 heterocycles. The van der Waals surface area contributed by atoms with E-state index in [1.54, 1.807) is 25.1 Å². The summed E-state index contributed by atoms with van der Waals surface area (Å²) >= 11 is 0. The Morgan fingerprint density at radius 1 is 0.906 bits per heavy atom. The molecule has 0 aliphatic carbocycles. The monoisotopic (exact) mass is 423 g/mol. The van der Waals surface area contributed by atoms with Gasteiger partial charge in [-0.1, -0.05) is 50.2 Å². The molecule has 0 fully saturated rings. The van der Waals surface area contributed by atoms with Crippen LogP contribution in [0.5, 0.6) is 0 Å². The lowest BCUT2D eigenvalue weighted by molar-refractivity contribution is -0.122. The van der Waals surface area contributed by atoms with E-state index in [9.17, 15) is 14.9 Å². The van der Waals surface area contributed by atoms with Gasteiger partial charge in [0, 0.05) is 29.4 Å². The number of anilines is 2. The van der Waals surface area contributed by atoms with Crippen LogP contribution in [0.4, 0.5) is 11.4 Å². The lowest BCUT2D eigenvalue weighted by atomic mass is 9.83. The second-order valence-electron chi connectivity index (χ2n) is 8.68. The fourth-order valence-corrected chi connectivity index (χ4v) is 4.61. The van der Waals surface area contributed by atoms with Crippen molar-refractivity contribution < 1.29 is 9.59 Å². The van der Waals surface area contributed by atoms with Crippen molar-refractivity contribution in [2.75, 3.05) is 16.8 Å². The first kappa shape index (κ1) is 21.3. The van der Waals surface area contributed by atoms with Gasteiger partial charge in [0.05, 0.1) is 5.69 Å². The van der Waals surface area contributed by atoms with Gasteiger partial charge in [0.15, 0.2) is 0 Å². The minimum absolute atomic E-state index is 0.0141. The van der Waals surface area contributed by atoms with E-state index < -0.39 is 11.8 Å². The van der Waals surface area contributed by atoms with Gasteiger partial charge in [0.1, 0.15) is 11.6 Å². The van der Waals surface area contributed by atoms with Crippen molar-refractivity contribution in [3.63, 3.8) is 0 Å². The van der Waals surface area contributed by atoms with Crippen LogP contribution < -0.4 is 9.80 Å². The molecule has 0 saturated carbocycles. The van der Waals surface area contributed by atoms with E-state index in [1.807, 2.05) is 50.4 Å². The summed E-state index contributed by atoms with van der Waals surface area (Å²) in [6.07, 6.45) is 3.67. The molecular weight excluding hydrogens is 398 g/mol. The fraction of sp³-hybridized carbons (Fsp3) is 0.222. The van der Waals surface area contributed by atoms with Crippen LogP contribution in [-0.4, -0.2) is 18.9 Å². The quantitative estimate of drug-likeness (QED) is 0.507. The summed E-state index contributed by atoms with van der Waals surface area (Å²) in [7, 11) is 2.01. The molecular formula is C27H25N3O2. The van der Waals surface area contributed by atoms with Crippen LogP contribution in [-0.2, 0) is 15.0 Å². The molecule has 5 nitrogen and oxygen atoms in total. The highest BCUT2D eigenvalue weighted by Crippen LogP contribution is 2.46. The molecule has 0 aromatic heterocycles. The number of para-hydroxylation sites is 2. The number of nitriles is 1. The topological polar surface area (TPSA) is 64.4 Å². The van der Waals surface area contributed by atoms with Crippen molar-refractivity contribution in [1.82, 2.24) is 0 Å². The number of likely N-dealkylation sites (N-methyl/N-ethyl adjacent to an activating group) is 1. The van der Waals surface area contributed by atoms with Gasteiger partial charge in [-0.3, -0.25) is 9.59 Å². The summed E-state index contributed by atoms with van der Waals surface area (Å²) in [5.41, 5.74) is 5.13. The molecule has 0 radical (unpaired) electrons. The molecule has 0 saturated heterocycles. The summed E-state index contributed by atoms with van der Waals surface area (Å²) in [4.78, 5) is 29.7. The van der Waals surface area contributed by atoms with Crippen LogP contribution in [0.1, 0.15) is 31.9 Å². The highest BCUT2D eigenvalue weighted by Gasteiger charge is 2.39. The predicted octanol–water partition coefficient (Wildman–Crippen LogP) is 4.95. The smallest absolute Gasteiger partial charge is 0.276 e. The van der Waals surface area contributed by atoms with Gasteiger partial charge in [-0.25, -0.2) is 4.90 Å². The second kappa shape index (κ2) is 7.65. The minimum atomic E-state index is -0.583. The Bertz CT molecular complexity index is 1290. The number of fused-ring (bicyclic) bond motifs is 1. The van der Waals surface area contributed by atoms with Gasteiger partial charge in [-0.2, -0.15) is 5.26 Å². The van der Waals surface area contributed by atoms with Gasteiger partial charge in [-0.05, 0) is 54.8 Å². The van der Waals surface area contributed by atoms with Crippen LogP contribution in [0.15, 0.2) is 83.1 Å². The van der Waals surface area contributed by atoms with Crippen molar-refractivity contribution >= 4 is 23.2 Å². The fourth-order valence-electron chi connectivity index (χ4n) is 4.61. The first-order valence-electron chi connectivity index (χ1n) is 10.5. The molecule has 2 aliphatic rings. The summed E-state index contributed by atoms with van der Waals surface area (Å²) < 4.78 is 0. The van der Waals surface area contributed by atoms with Crippen LogP contribution in [0.25, 0.3) is 0 Å². The van der Waals surface area contributed by atoms with Crippen LogP contribution in [0.3, 0.4) is 0 Å². The number of allylic oxidation sites excluding steroid dienone is 3. The molecule has 5 heteroatoms. The number of aryl methyl sites for hydroxylation is 1. The molecule has 160 valence electrons. The molecule has 2 amide bonds. The maximum Gasteiger partial charge on any atom is 0.276 e. The zero-order valence-electron chi connectivity index (χ0n) is 18.9. The van der Waals surface area contributed by atoms with Gasteiger partial charge in [0.25, 0.3) is 11.8 Å². The molecule has 32 heavy (non-hydrogen) atoms. The first-order chi connectivity index (χ1) is 15.2. The SMILES string of the molecule is CC1=C(C#N)C(=O)N(c2ccccc2C)C(=O)/C1=C/C=C1\N(C)c2ccccc2C1(C)C. The van der Waals surface area contributed by atoms with E-state index in [0.717, 1.165) is 21.8 Å². The molecule has 2 aliphatic heterocycles. The molecule has 0 spiro atoms. The van der Waals surface area contributed by atoms with Crippen molar-refractivity contribution in [3.05, 3.63) is 94.2 Å². The number of imide groups is 1. The molecule has 2 aromatic carbocycles. The van der Waals surface area contributed by atoms with E-state index in [-0.39, 0.29) is 11.0 Å². The predicted molar refractivity (Wildman–Crippen MR) is 126 cm³/mol. The molecule has 0 N–H and O–H groups in total. The van der Waals surface area contributed by atoms with Gasteiger partial charge >= 0.3 is 0 Å². The lowest BCUT2D eigenvalue weighted by Crippen LogP contribution is -2.43. The number of hydrogen-bond acceptors (Lipinski definition) is 4. The molecule has 0 unspecified atom stereocenters. The molecule has 0 atom stereocenters. The van der Waals surface area contributed by atoms with E-state index in [0.29, 0.717) is 16.8 Å². The Morgan fingerprint density at radius 2 is 1.53 bits per heavy atom. The number of carbonyl (C=O) groups excluding carboxylic acids is 2. The second-order valence-corrected chi connectivity index (χ2v) is 8.68. The van der Waals surface area contributed by atoms with Crippen LogP contribution in [0.2, 0.25) is 0 Å². The van der Waals surface area contributed by atoms with Crippen molar-refractivity contribution in [3.8, 4) is 6.07 Å². The van der Waals surface area contributed by atoms with Crippen molar-refractivity contribution in [1.29, 1.82) is 5.26 Å². The zero-order chi connectivity index (χ0) is 23.2. The minimum Gasteiger partial charge on any atom is -0.347 e. The van der Waals surface area contributed by atoms with Crippen molar-refractivity contribution in [2.24, 2.45) is 0 Å². The Balaban J connectivity index is 1.85. The maximum absolute atomic E-state index is 13.5. The standard InChI is InChI=1S/C27H25N3O2/c1-17-10-6-8-12-22(17)30-25(31)19(18(2)20(16-28)26(30)32)14-15-24-27(3,4)21-11-7-9-13-23(21)29(24)5/h6-15H,1-5H3/b19-14+,24-15-. The average Bonchev–Trinajstić information content (AvgIpc) is 2.96. The summed E-state index contributed by atoms with van der Waals surface area (Å²) in [5, 5.41) is 9.68. The van der Waals surface area contributed by atoms with E-state index in [4.69, 9.17) is 0 Å². The molecule has 0 bridgehead atoms. The number of nitrogens with zero attached hydrogens (tertiary/aromatic N) is 3. The number of benzene rings is 2. The summed E-state index contributed by atoms with van der Waals surface area (Å²) in [5.74, 6) is -1.01. The molecule has 4 rings (SSSR count). The number of carbonyl (C=O) groups is 2. The zero-order valence-corrected chi connectivity index (χ0v) is 18.9.